The van der Waals surface area contributed by atoms with Gasteiger partial charge in [0.2, 0.25) is 0 Å². The van der Waals surface area contributed by atoms with Crippen LogP contribution in [0, 0.1) is 5.41 Å². The summed E-state index contributed by atoms with van der Waals surface area (Å²) in [5.74, 6) is -0.364. The molecule has 130 valence electrons. The Kier molecular flexibility index (Phi) is 10.7. The zero-order valence-corrected chi connectivity index (χ0v) is 14.9. The SMILES string of the molecule is CCCCCOC(=O)C(CCCC)NC(=O)OCC(C)(C)C. The van der Waals surface area contributed by atoms with E-state index in [2.05, 4.69) is 12.2 Å². The molecule has 0 heterocycles. The van der Waals surface area contributed by atoms with Crippen LogP contribution in [0.2, 0.25) is 0 Å². The molecular formula is C17H33NO4. The molecular weight excluding hydrogens is 282 g/mol. The molecule has 0 saturated carbocycles. The van der Waals surface area contributed by atoms with E-state index in [-0.39, 0.29) is 11.4 Å². The second-order valence-electron chi connectivity index (χ2n) is 6.85. The summed E-state index contributed by atoms with van der Waals surface area (Å²) in [4.78, 5) is 23.9. The molecule has 0 fully saturated rings. The van der Waals surface area contributed by atoms with Gasteiger partial charge >= 0.3 is 12.1 Å². The molecule has 0 aliphatic carbocycles. The fourth-order valence-corrected chi connectivity index (χ4v) is 1.75. The van der Waals surface area contributed by atoms with E-state index >= 15 is 0 Å². The molecule has 0 spiro atoms. The predicted octanol–water partition coefficient (Wildman–Crippen LogP) is 4.05. The van der Waals surface area contributed by atoms with Gasteiger partial charge in [0.15, 0.2) is 0 Å². The van der Waals surface area contributed by atoms with Gasteiger partial charge in [-0.15, -0.1) is 0 Å². The number of ether oxygens (including phenoxy) is 2. The van der Waals surface area contributed by atoms with Crippen LogP contribution in [0.15, 0.2) is 0 Å². The highest BCUT2D eigenvalue weighted by Gasteiger charge is 2.23. The van der Waals surface area contributed by atoms with E-state index < -0.39 is 12.1 Å². The van der Waals surface area contributed by atoms with Gasteiger partial charge in [0.1, 0.15) is 6.04 Å². The van der Waals surface area contributed by atoms with Gasteiger partial charge in [0.25, 0.3) is 0 Å². The van der Waals surface area contributed by atoms with Gasteiger partial charge in [0, 0.05) is 0 Å². The van der Waals surface area contributed by atoms with Crippen molar-refractivity contribution >= 4 is 12.1 Å². The summed E-state index contributed by atoms with van der Waals surface area (Å²) in [6.07, 6.45) is 4.81. The minimum Gasteiger partial charge on any atom is -0.464 e. The Labute approximate surface area is 135 Å². The minimum absolute atomic E-state index is 0.100. The highest BCUT2D eigenvalue weighted by molar-refractivity contribution is 5.81. The van der Waals surface area contributed by atoms with Crippen LogP contribution in [0.4, 0.5) is 4.79 Å². The number of carbonyl (C=O) groups is 2. The lowest BCUT2D eigenvalue weighted by molar-refractivity contribution is -0.146. The third-order valence-corrected chi connectivity index (χ3v) is 3.05. The van der Waals surface area contributed by atoms with Crippen molar-refractivity contribution in [3.63, 3.8) is 0 Å². The van der Waals surface area contributed by atoms with Crippen LogP contribution in [0.5, 0.6) is 0 Å². The maximum Gasteiger partial charge on any atom is 0.407 e. The Bertz CT molecular complexity index is 323. The minimum atomic E-state index is -0.617. The zero-order chi connectivity index (χ0) is 17.0. The smallest absolute Gasteiger partial charge is 0.407 e. The van der Waals surface area contributed by atoms with Crippen LogP contribution >= 0.6 is 0 Å². The predicted molar refractivity (Wildman–Crippen MR) is 87.7 cm³/mol. The first kappa shape index (κ1) is 20.7. The number of hydrogen-bond donors (Lipinski definition) is 1. The second kappa shape index (κ2) is 11.3. The Morgan fingerprint density at radius 3 is 2.18 bits per heavy atom. The van der Waals surface area contributed by atoms with Crippen molar-refractivity contribution in [2.75, 3.05) is 13.2 Å². The summed E-state index contributed by atoms with van der Waals surface area (Å²) in [5, 5.41) is 2.63. The van der Waals surface area contributed by atoms with Crippen LogP contribution < -0.4 is 5.32 Å². The largest absolute Gasteiger partial charge is 0.464 e. The summed E-state index contributed by atoms with van der Waals surface area (Å²) in [7, 11) is 0. The number of alkyl carbamates (subject to hydrolysis) is 1. The maximum absolute atomic E-state index is 12.1. The van der Waals surface area contributed by atoms with Gasteiger partial charge < -0.3 is 14.8 Å². The number of carbonyl (C=O) groups excluding carboxylic acids is 2. The quantitative estimate of drug-likeness (QED) is 0.488. The third-order valence-electron chi connectivity index (χ3n) is 3.05. The van der Waals surface area contributed by atoms with E-state index in [1.807, 2.05) is 27.7 Å². The molecule has 1 N–H and O–H groups in total. The first-order valence-electron chi connectivity index (χ1n) is 8.40. The van der Waals surface area contributed by atoms with Crippen LogP contribution in [-0.4, -0.2) is 31.3 Å². The fourth-order valence-electron chi connectivity index (χ4n) is 1.75. The standard InChI is InChI=1S/C17H33NO4/c1-6-8-10-12-21-15(19)14(11-9-7-2)18-16(20)22-13-17(3,4)5/h14H,6-13H2,1-5H3,(H,18,20). The normalized spacial score (nSPS) is 12.6. The van der Waals surface area contributed by atoms with E-state index in [0.717, 1.165) is 32.1 Å². The van der Waals surface area contributed by atoms with Crippen molar-refractivity contribution in [1.82, 2.24) is 5.32 Å². The van der Waals surface area contributed by atoms with Crippen molar-refractivity contribution in [1.29, 1.82) is 0 Å². The van der Waals surface area contributed by atoms with Gasteiger partial charge in [0.05, 0.1) is 13.2 Å². The Morgan fingerprint density at radius 1 is 1.00 bits per heavy atom. The van der Waals surface area contributed by atoms with Crippen molar-refractivity contribution < 1.29 is 19.1 Å². The molecule has 0 aromatic heterocycles. The number of amides is 1. The van der Waals surface area contributed by atoms with Crippen molar-refractivity contribution in [3.05, 3.63) is 0 Å². The summed E-state index contributed by atoms with van der Waals surface area (Å²) < 4.78 is 10.4. The highest BCUT2D eigenvalue weighted by Crippen LogP contribution is 2.13. The van der Waals surface area contributed by atoms with E-state index in [1.54, 1.807) is 0 Å². The molecule has 0 bridgehead atoms. The topological polar surface area (TPSA) is 64.6 Å². The summed E-state index contributed by atoms with van der Waals surface area (Å²) in [6, 6.07) is -0.617. The average Bonchev–Trinajstić information content (AvgIpc) is 2.44. The first-order valence-corrected chi connectivity index (χ1v) is 8.40. The molecule has 0 aliphatic heterocycles. The Balaban J connectivity index is 4.30. The van der Waals surface area contributed by atoms with Crippen LogP contribution in [0.25, 0.3) is 0 Å². The lowest BCUT2D eigenvalue weighted by atomic mass is 9.99. The molecule has 0 saturated heterocycles. The highest BCUT2D eigenvalue weighted by atomic mass is 16.6. The molecule has 22 heavy (non-hydrogen) atoms. The molecule has 0 aromatic carbocycles. The summed E-state index contributed by atoms with van der Waals surface area (Å²) in [6.45, 7) is 10.8. The van der Waals surface area contributed by atoms with Crippen molar-refractivity contribution in [3.8, 4) is 0 Å². The molecule has 0 rings (SSSR count). The van der Waals surface area contributed by atoms with Crippen molar-refractivity contribution in [2.45, 2.75) is 79.2 Å². The van der Waals surface area contributed by atoms with Crippen LogP contribution in [0.3, 0.4) is 0 Å². The van der Waals surface area contributed by atoms with E-state index in [1.165, 1.54) is 0 Å². The van der Waals surface area contributed by atoms with Crippen LogP contribution in [-0.2, 0) is 14.3 Å². The summed E-state index contributed by atoms with van der Waals surface area (Å²) >= 11 is 0. The molecule has 0 aromatic rings. The number of hydrogen-bond acceptors (Lipinski definition) is 4. The Morgan fingerprint density at radius 2 is 1.64 bits per heavy atom. The lowest BCUT2D eigenvalue weighted by Gasteiger charge is -2.21. The summed E-state index contributed by atoms with van der Waals surface area (Å²) in [5.41, 5.74) is -0.100. The van der Waals surface area contributed by atoms with Crippen molar-refractivity contribution in [2.24, 2.45) is 5.41 Å². The molecule has 1 amide bonds. The van der Waals surface area contributed by atoms with Gasteiger partial charge in [-0.2, -0.15) is 0 Å². The lowest BCUT2D eigenvalue weighted by Crippen LogP contribution is -2.42. The molecule has 1 unspecified atom stereocenters. The fraction of sp³-hybridized carbons (Fsp3) is 0.882. The third kappa shape index (κ3) is 11.4. The molecule has 1 atom stereocenters. The second-order valence-corrected chi connectivity index (χ2v) is 6.85. The van der Waals surface area contributed by atoms with E-state index in [0.29, 0.717) is 19.6 Å². The number of rotatable bonds is 10. The molecule has 5 nitrogen and oxygen atoms in total. The Hall–Kier alpha value is -1.26. The van der Waals surface area contributed by atoms with E-state index in [4.69, 9.17) is 9.47 Å². The first-order chi connectivity index (χ1) is 10.3. The van der Waals surface area contributed by atoms with Gasteiger partial charge in [-0.05, 0) is 18.3 Å². The van der Waals surface area contributed by atoms with Gasteiger partial charge in [-0.3, -0.25) is 0 Å². The molecule has 0 aliphatic rings. The monoisotopic (exact) mass is 315 g/mol. The molecule has 0 radical (unpaired) electrons. The molecule has 5 heteroatoms. The zero-order valence-electron chi connectivity index (χ0n) is 14.9. The van der Waals surface area contributed by atoms with Crippen LogP contribution in [0.1, 0.15) is 73.1 Å². The van der Waals surface area contributed by atoms with E-state index in [9.17, 15) is 9.59 Å². The number of nitrogens with one attached hydrogen (secondary N) is 1. The average molecular weight is 315 g/mol. The maximum atomic E-state index is 12.1. The number of unbranched alkanes of at least 4 members (excludes halogenated alkanes) is 3. The van der Waals surface area contributed by atoms with Gasteiger partial charge in [-0.1, -0.05) is 60.3 Å². The number of esters is 1. The van der Waals surface area contributed by atoms with Gasteiger partial charge in [-0.25, -0.2) is 9.59 Å².